The van der Waals surface area contributed by atoms with E-state index in [0.29, 0.717) is 17.4 Å². The van der Waals surface area contributed by atoms with Crippen molar-refractivity contribution in [3.63, 3.8) is 0 Å². The van der Waals surface area contributed by atoms with Crippen LogP contribution in [0.4, 0.5) is 0 Å². The first-order valence-electron chi connectivity index (χ1n) is 6.52. The normalized spacial score (nSPS) is 16.5. The van der Waals surface area contributed by atoms with Crippen molar-refractivity contribution < 1.29 is 4.79 Å². The van der Waals surface area contributed by atoms with Crippen molar-refractivity contribution in [3.05, 3.63) is 23.2 Å². The first-order valence-corrected chi connectivity index (χ1v) is 6.90. The molecule has 1 aliphatic rings. The molecule has 1 amide bonds. The maximum Gasteiger partial charge on any atom is 0.240 e. The summed E-state index contributed by atoms with van der Waals surface area (Å²) < 4.78 is 0. The van der Waals surface area contributed by atoms with Crippen molar-refractivity contribution in [1.29, 1.82) is 0 Å². The topological polar surface area (TPSA) is 72.1 Å². The summed E-state index contributed by atoms with van der Waals surface area (Å²) in [7, 11) is 0. The molecular formula is C13H19ClN4O. The summed E-state index contributed by atoms with van der Waals surface area (Å²) in [6.45, 7) is 4.28. The zero-order chi connectivity index (χ0) is 14.0. The van der Waals surface area contributed by atoms with Crippen molar-refractivity contribution in [2.24, 2.45) is 11.7 Å². The van der Waals surface area contributed by atoms with Gasteiger partial charge >= 0.3 is 0 Å². The van der Waals surface area contributed by atoms with E-state index in [0.717, 1.165) is 12.8 Å². The highest BCUT2D eigenvalue weighted by atomic mass is 35.5. The fourth-order valence-electron chi connectivity index (χ4n) is 1.87. The summed E-state index contributed by atoms with van der Waals surface area (Å²) in [6.07, 6.45) is 5.16. The molecule has 0 radical (unpaired) electrons. The number of hydrogen-bond acceptors (Lipinski definition) is 4. The zero-order valence-electron chi connectivity index (χ0n) is 11.2. The number of carbonyl (C=O) groups is 1. The van der Waals surface area contributed by atoms with Gasteiger partial charge in [-0.1, -0.05) is 25.4 Å². The van der Waals surface area contributed by atoms with E-state index in [4.69, 9.17) is 17.3 Å². The number of carbonyl (C=O) groups excluding carboxylic acids is 1. The van der Waals surface area contributed by atoms with Gasteiger partial charge in [-0.3, -0.25) is 9.78 Å². The summed E-state index contributed by atoms with van der Waals surface area (Å²) in [5.41, 5.74) is 6.58. The molecule has 0 spiro atoms. The van der Waals surface area contributed by atoms with Gasteiger partial charge in [0.1, 0.15) is 0 Å². The number of nitrogens with two attached hydrogens (primary N) is 1. The minimum absolute atomic E-state index is 0.0285. The Morgan fingerprint density at radius 3 is 2.63 bits per heavy atom. The fourth-order valence-corrected chi connectivity index (χ4v) is 2.03. The number of amides is 1. The molecule has 6 heteroatoms. The Morgan fingerprint density at radius 1 is 1.47 bits per heavy atom. The quantitative estimate of drug-likeness (QED) is 0.890. The largest absolute Gasteiger partial charge is 0.332 e. The maximum absolute atomic E-state index is 12.4. The lowest BCUT2D eigenvalue weighted by molar-refractivity contribution is -0.134. The van der Waals surface area contributed by atoms with E-state index in [-0.39, 0.29) is 17.9 Å². The highest BCUT2D eigenvalue weighted by Crippen LogP contribution is 2.29. The average Bonchev–Trinajstić information content (AvgIpc) is 3.20. The van der Waals surface area contributed by atoms with Crippen LogP contribution >= 0.6 is 11.6 Å². The molecule has 2 rings (SSSR count). The molecule has 104 valence electrons. The van der Waals surface area contributed by atoms with E-state index in [1.807, 2.05) is 13.8 Å². The molecule has 1 fully saturated rings. The summed E-state index contributed by atoms with van der Waals surface area (Å²) >= 11 is 6.00. The van der Waals surface area contributed by atoms with Crippen LogP contribution in [0.2, 0.25) is 5.15 Å². The molecule has 2 N–H and O–H groups in total. The van der Waals surface area contributed by atoms with E-state index in [2.05, 4.69) is 9.97 Å². The van der Waals surface area contributed by atoms with Crippen molar-refractivity contribution in [3.8, 4) is 0 Å². The Bertz CT molecular complexity index is 462. The third kappa shape index (κ3) is 3.42. The third-order valence-corrected chi connectivity index (χ3v) is 3.63. The van der Waals surface area contributed by atoms with Gasteiger partial charge in [-0.25, -0.2) is 4.98 Å². The van der Waals surface area contributed by atoms with Gasteiger partial charge < -0.3 is 10.6 Å². The predicted molar refractivity (Wildman–Crippen MR) is 73.4 cm³/mol. The first kappa shape index (κ1) is 14.2. The van der Waals surface area contributed by atoms with Crippen LogP contribution < -0.4 is 5.73 Å². The van der Waals surface area contributed by atoms with Gasteiger partial charge in [0.2, 0.25) is 5.91 Å². The van der Waals surface area contributed by atoms with Crippen LogP contribution in [0.3, 0.4) is 0 Å². The molecule has 0 aromatic carbocycles. The van der Waals surface area contributed by atoms with Crippen LogP contribution in [-0.2, 0) is 11.3 Å². The molecule has 1 aliphatic carbocycles. The molecule has 5 nitrogen and oxygen atoms in total. The molecule has 1 heterocycles. The van der Waals surface area contributed by atoms with Crippen molar-refractivity contribution in [1.82, 2.24) is 14.9 Å². The Balaban J connectivity index is 2.13. The van der Waals surface area contributed by atoms with Crippen LogP contribution in [0.25, 0.3) is 0 Å². The van der Waals surface area contributed by atoms with Crippen molar-refractivity contribution in [2.45, 2.75) is 45.3 Å². The predicted octanol–water partition coefficient (Wildman–Crippen LogP) is 1.60. The van der Waals surface area contributed by atoms with Gasteiger partial charge in [-0.15, -0.1) is 0 Å². The first-order chi connectivity index (χ1) is 9.00. The van der Waals surface area contributed by atoms with E-state index < -0.39 is 6.04 Å². The molecule has 1 unspecified atom stereocenters. The van der Waals surface area contributed by atoms with Crippen LogP contribution in [0, 0.1) is 5.92 Å². The van der Waals surface area contributed by atoms with Crippen LogP contribution in [0.15, 0.2) is 12.4 Å². The Hall–Kier alpha value is -1.20. The monoisotopic (exact) mass is 282 g/mol. The lowest BCUT2D eigenvalue weighted by atomic mass is 10.0. The molecule has 1 aromatic rings. The van der Waals surface area contributed by atoms with Gasteiger partial charge in [0.05, 0.1) is 18.3 Å². The van der Waals surface area contributed by atoms with Gasteiger partial charge in [0, 0.05) is 18.4 Å². The smallest absolute Gasteiger partial charge is 0.240 e. The van der Waals surface area contributed by atoms with Crippen LogP contribution in [0.1, 0.15) is 32.4 Å². The standard InChI is InChI=1S/C13H19ClN4O/c1-8(2)11(15)13(19)18(9-3-4-9)7-10-12(14)17-6-5-16-10/h5-6,8-9,11H,3-4,7,15H2,1-2H3. The summed E-state index contributed by atoms with van der Waals surface area (Å²) in [4.78, 5) is 22.4. The Morgan fingerprint density at radius 2 is 2.11 bits per heavy atom. The van der Waals surface area contributed by atoms with E-state index in [1.54, 1.807) is 11.1 Å². The van der Waals surface area contributed by atoms with Gasteiger partial charge in [0.15, 0.2) is 5.15 Å². The Labute approximate surface area is 118 Å². The lowest BCUT2D eigenvalue weighted by Crippen LogP contribution is -2.47. The molecule has 0 saturated heterocycles. The second kappa shape index (κ2) is 5.84. The zero-order valence-corrected chi connectivity index (χ0v) is 12.0. The van der Waals surface area contributed by atoms with E-state index >= 15 is 0 Å². The second-order valence-corrected chi connectivity index (χ2v) is 5.62. The lowest BCUT2D eigenvalue weighted by Gasteiger charge is -2.27. The van der Waals surface area contributed by atoms with E-state index in [9.17, 15) is 4.79 Å². The fraction of sp³-hybridized carbons (Fsp3) is 0.615. The summed E-state index contributed by atoms with van der Waals surface area (Å²) in [5.74, 6) is 0.0882. The molecule has 0 aliphatic heterocycles. The maximum atomic E-state index is 12.4. The molecule has 1 atom stereocenters. The third-order valence-electron chi connectivity index (χ3n) is 3.32. The highest BCUT2D eigenvalue weighted by Gasteiger charge is 2.36. The van der Waals surface area contributed by atoms with Gasteiger partial charge in [0.25, 0.3) is 0 Å². The highest BCUT2D eigenvalue weighted by molar-refractivity contribution is 6.29. The summed E-state index contributed by atoms with van der Waals surface area (Å²) in [5, 5.41) is 0.346. The molecule has 0 bridgehead atoms. The van der Waals surface area contributed by atoms with Gasteiger partial charge in [-0.2, -0.15) is 0 Å². The average molecular weight is 283 g/mol. The molecule has 1 aromatic heterocycles. The number of nitrogens with zero attached hydrogens (tertiary/aromatic N) is 3. The van der Waals surface area contributed by atoms with Crippen LogP contribution in [-0.4, -0.2) is 32.9 Å². The number of hydrogen-bond donors (Lipinski definition) is 1. The minimum Gasteiger partial charge on any atom is -0.332 e. The minimum atomic E-state index is -0.476. The molecular weight excluding hydrogens is 264 g/mol. The summed E-state index contributed by atoms with van der Waals surface area (Å²) in [6, 6.07) is -0.202. The molecule has 1 saturated carbocycles. The van der Waals surface area contributed by atoms with Crippen molar-refractivity contribution >= 4 is 17.5 Å². The number of rotatable bonds is 5. The number of halogens is 1. The second-order valence-electron chi connectivity index (χ2n) is 5.26. The van der Waals surface area contributed by atoms with Crippen LogP contribution in [0.5, 0.6) is 0 Å². The Kier molecular flexibility index (Phi) is 4.37. The van der Waals surface area contributed by atoms with Crippen molar-refractivity contribution in [2.75, 3.05) is 0 Å². The van der Waals surface area contributed by atoms with E-state index in [1.165, 1.54) is 6.20 Å². The molecule has 19 heavy (non-hydrogen) atoms. The van der Waals surface area contributed by atoms with Gasteiger partial charge in [-0.05, 0) is 18.8 Å². The SMILES string of the molecule is CC(C)C(N)C(=O)N(Cc1nccnc1Cl)C1CC1. The number of aromatic nitrogens is 2.